The summed E-state index contributed by atoms with van der Waals surface area (Å²) in [5.41, 5.74) is 7.28. The number of hydrogen-bond donors (Lipinski definition) is 1. The van der Waals surface area contributed by atoms with Crippen LogP contribution < -0.4 is 24.7 Å². The topological polar surface area (TPSA) is 87.2 Å². The summed E-state index contributed by atoms with van der Waals surface area (Å²) in [6.45, 7) is 11.5. The average Bonchev–Trinajstić information content (AvgIpc) is 3.35. The summed E-state index contributed by atoms with van der Waals surface area (Å²) >= 11 is 0. The fourth-order valence-electron chi connectivity index (χ4n) is 7.16. The molecule has 1 spiro atoms. The summed E-state index contributed by atoms with van der Waals surface area (Å²) in [6, 6.07) is 29.2. The van der Waals surface area contributed by atoms with E-state index in [1.807, 2.05) is 72.8 Å². The van der Waals surface area contributed by atoms with Gasteiger partial charge in [-0.05, 0) is 58.0 Å². The number of nitrogens with zero attached hydrogens (tertiary/aromatic N) is 4. The molecule has 0 saturated carbocycles. The molecule has 0 radical (unpaired) electrons. The Balaban J connectivity index is 1.36. The van der Waals surface area contributed by atoms with Crippen molar-refractivity contribution in [1.29, 1.82) is 0 Å². The Labute approximate surface area is 280 Å². The Morgan fingerprint density at radius 1 is 0.792 bits per heavy atom. The number of hydrazine groups is 1. The number of amides is 2. The third-order valence-electron chi connectivity index (χ3n) is 9.46. The van der Waals surface area contributed by atoms with E-state index in [1.54, 1.807) is 12.3 Å². The first-order chi connectivity index (χ1) is 23.4. The Morgan fingerprint density at radius 3 is 2.06 bits per heavy atom. The maximum absolute atomic E-state index is 14.4. The second-order valence-corrected chi connectivity index (χ2v) is 11.9. The van der Waals surface area contributed by atoms with E-state index < -0.39 is 11.4 Å². The highest BCUT2D eigenvalue weighted by atomic mass is 16.5. The van der Waals surface area contributed by atoms with E-state index >= 15 is 0 Å². The molecule has 0 bridgehead atoms. The fraction of sp³-hybridized carbons (Fsp3) is 0.256. The molecule has 0 aliphatic carbocycles. The van der Waals surface area contributed by atoms with Gasteiger partial charge >= 0.3 is 0 Å². The fourth-order valence-corrected chi connectivity index (χ4v) is 7.16. The predicted octanol–water partition coefficient (Wildman–Crippen LogP) is 6.89. The number of aromatic nitrogens is 1. The second kappa shape index (κ2) is 12.6. The van der Waals surface area contributed by atoms with Crippen molar-refractivity contribution < 1.29 is 19.1 Å². The second-order valence-electron chi connectivity index (χ2n) is 11.9. The molecular formula is C39H39N5O4. The van der Waals surface area contributed by atoms with Crippen molar-refractivity contribution in [1.82, 2.24) is 15.4 Å². The molecule has 0 fully saturated rings. The number of ether oxygens (including phenoxy) is 2. The third kappa shape index (κ3) is 4.89. The first-order valence-corrected chi connectivity index (χ1v) is 16.6. The monoisotopic (exact) mass is 641 g/mol. The normalized spacial score (nSPS) is 13.8. The summed E-state index contributed by atoms with van der Waals surface area (Å²) in [5.74, 6) is 0.960. The number of pyridine rings is 1. The molecule has 2 aliphatic heterocycles. The number of rotatable bonds is 10. The quantitative estimate of drug-likeness (QED) is 0.178. The highest BCUT2D eigenvalue weighted by Gasteiger charge is 2.57. The van der Waals surface area contributed by atoms with Crippen LogP contribution in [-0.4, -0.2) is 54.6 Å². The van der Waals surface area contributed by atoms with Gasteiger partial charge < -0.3 is 19.3 Å². The van der Waals surface area contributed by atoms with Crippen molar-refractivity contribution in [2.24, 2.45) is 0 Å². The van der Waals surface area contributed by atoms with Crippen LogP contribution in [0.25, 0.3) is 10.9 Å². The summed E-state index contributed by atoms with van der Waals surface area (Å²) in [6.07, 6.45) is 1.69. The minimum Gasteiger partial charge on any atom is -0.481 e. The van der Waals surface area contributed by atoms with Gasteiger partial charge in [-0.25, -0.2) is 5.01 Å². The molecule has 0 unspecified atom stereocenters. The van der Waals surface area contributed by atoms with E-state index in [1.165, 1.54) is 5.01 Å². The van der Waals surface area contributed by atoms with E-state index in [0.29, 0.717) is 28.3 Å². The Bertz CT molecular complexity index is 1950. The Hall–Kier alpha value is -5.57. The van der Waals surface area contributed by atoms with Gasteiger partial charge in [0.25, 0.3) is 11.8 Å². The van der Waals surface area contributed by atoms with Crippen molar-refractivity contribution in [3.8, 4) is 17.2 Å². The van der Waals surface area contributed by atoms with Crippen LogP contribution >= 0.6 is 0 Å². The van der Waals surface area contributed by atoms with Gasteiger partial charge in [0.15, 0.2) is 6.61 Å². The van der Waals surface area contributed by atoms with Gasteiger partial charge in [-0.3, -0.25) is 20.0 Å². The zero-order chi connectivity index (χ0) is 33.4. The smallest absolute Gasteiger partial charge is 0.276 e. The standard InChI is InChI=1S/C39H39N5O4/c1-5-42(6-2)27-18-20-31-34(23-27)48-35-24-28(43(7-3)8-4)19-21-32(35)39(31)30-16-10-9-15-29(30)38(46)44(39)41-36(45)25-47-33-17-11-13-26-14-12-22-40-37(26)33/h9-24H,5-8,25H2,1-4H3,(H,41,45). The van der Waals surface area contributed by atoms with Gasteiger partial charge in [0.2, 0.25) is 0 Å². The molecule has 0 atom stereocenters. The van der Waals surface area contributed by atoms with Crippen LogP contribution in [0.15, 0.2) is 97.2 Å². The Morgan fingerprint density at radius 2 is 1.42 bits per heavy atom. The molecule has 48 heavy (non-hydrogen) atoms. The molecular weight excluding hydrogens is 602 g/mol. The van der Waals surface area contributed by atoms with Gasteiger partial charge in [-0.2, -0.15) is 0 Å². The zero-order valence-electron chi connectivity index (χ0n) is 27.7. The third-order valence-corrected chi connectivity index (χ3v) is 9.46. The van der Waals surface area contributed by atoms with Crippen LogP contribution in [-0.2, 0) is 10.3 Å². The van der Waals surface area contributed by atoms with Crippen LogP contribution in [0.1, 0.15) is 54.7 Å². The largest absolute Gasteiger partial charge is 0.481 e. The number of nitrogens with one attached hydrogen (secondary N) is 1. The SMILES string of the molecule is CCN(CC)c1ccc2c(c1)Oc1cc(N(CC)CC)ccc1C21c2ccccc2C(=O)N1NC(=O)COc1cccc2cccnc12. The molecule has 9 heteroatoms. The van der Waals surface area contributed by atoms with E-state index in [9.17, 15) is 9.59 Å². The van der Waals surface area contributed by atoms with Gasteiger partial charge in [-0.1, -0.05) is 48.5 Å². The van der Waals surface area contributed by atoms with Crippen molar-refractivity contribution in [2.45, 2.75) is 33.2 Å². The molecule has 3 heterocycles. The number of anilines is 2. The molecule has 9 nitrogen and oxygen atoms in total. The number of carbonyl (C=O) groups excluding carboxylic acids is 2. The van der Waals surface area contributed by atoms with Crippen molar-refractivity contribution in [3.63, 3.8) is 0 Å². The van der Waals surface area contributed by atoms with Crippen LogP contribution in [0, 0.1) is 0 Å². The first-order valence-electron chi connectivity index (χ1n) is 16.6. The maximum atomic E-state index is 14.4. The van der Waals surface area contributed by atoms with Crippen LogP contribution in [0.3, 0.4) is 0 Å². The van der Waals surface area contributed by atoms with Crippen molar-refractivity contribution in [3.05, 3.63) is 119 Å². The first kappa shape index (κ1) is 31.1. The van der Waals surface area contributed by atoms with E-state index in [4.69, 9.17) is 9.47 Å². The maximum Gasteiger partial charge on any atom is 0.276 e. The lowest BCUT2D eigenvalue weighted by atomic mass is 9.75. The highest BCUT2D eigenvalue weighted by molar-refractivity contribution is 6.03. The van der Waals surface area contributed by atoms with Gasteiger partial charge in [0, 0.05) is 83.5 Å². The minimum absolute atomic E-state index is 0.315. The molecule has 244 valence electrons. The predicted molar refractivity (Wildman–Crippen MR) is 188 cm³/mol. The van der Waals surface area contributed by atoms with Crippen LogP contribution in [0.2, 0.25) is 0 Å². The van der Waals surface area contributed by atoms with E-state index in [0.717, 1.165) is 59.6 Å². The molecule has 7 rings (SSSR count). The van der Waals surface area contributed by atoms with E-state index in [2.05, 4.69) is 60.0 Å². The summed E-state index contributed by atoms with van der Waals surface area (Å²) in [7, 11) is 0. The number of fused-ring (bicyclic) bond motifs is 7. The number of para-hydroxylation sites is 1. The lowest BCUT2D eigenvalue weighted by Gasteiger charge is -2.44. The molecule has 2 aliphatic rings. The molecule has 4 aromatic carbocycles. The van der Waals surface area contributed by atoms with Crippen LogP contribution in [0.4, 0.5) is 11.4 Å². The summed E-state index contributed by atoms with van der Waals surface area (Å²) in [5, 5.41) is 2.38. The number of hydrogen-bond acceptors (Lipinski definition) is 7. The average molecular weight is 642 g/mol. The molecule has 0 saturated heterocycles. The van der Waals surface area contributed by atoms with Crippen molar-refractivity contribution >= 4 is 34.1 Å². The Kier molecular flexibility index (Phi) is 8.12. The molecule has 2 amide bonds. The van der Waals surface area contributed by atoms with Crippen molar-refractivity contribution in [2.75, 3.05) is 42.6 Å². The number of carbonyl (C=O) groups is 2. The summed E-state index contributed by atoms with van der Waals surface area (Å²) < 4.78 is 12.7. The lowest BCUT2D eigenvalue weighted by molar-refractivity contribution is -0.128. The number of benzene rings is 4. The van der Waals surface area contributed by atoms with E-state index in [-0.39, 0.29) is 12.5 Å². The summed E-state index contributed by atoms with van der Waals surface area (Å²) in [4.78, 5) is 37.2. The molecule has 5 aromatic rings. The highest BCUT2D eigenvalue weighted by Crippen LogP contribution is 2.57. The lowest BCUT2D eigenvalue weighted by Crippen LogP contribution is -2.56. The molecule has 1 N–H and O–H groups in total. The van der Waals surface area contributed by atoms with Gasteiger partial charge in [-0.15, -0.1) is 0 Å². The molecule has 1 aromatic heterocycles. The van der Waals surface area contributed by atoms with Crippen LogP contribution in [0.5, 0.6) is 17.2 Å². The zero-order valence-corrected chi connectivity index (χ0v) is 27.7. The minimum atomic E-state index is -1.20. The van der Waals surface area contributed by atoms with Gasteiger partial charge in [0.1, 0.15) is 28.3 Å². The van der Waals surface area contributed by atoms with Gasteiger partial charge in [0.05, 0.1) is 0 Å².